The number of aliphatic carboxylic acids is 1. The summed E-state index contributed by atoms with van der Waals surface area (Å²) in [7, 11) is -3.82. The topological polar surface area (TPSA) is 94.6 Å². The monoisotopic (exact) mass is 388 g/mol. The number of sulfone groups is 1. The summed E-state index contributed by atoms with van der Waals surface area (Å²) in [5.41, 5.74) is 1.15. The zero-order valence-corrected chi connectivity index (χ0v) is 14.4. The number of anilines is 1. The highest BCUT2D eigenvalue weighted by Gasteiger charge is 2.31. The molecular weight excluding hydrogens is 374 g/mol. The highest BCUT2D eigenvalue weighted by Crippen LogP contribution is 2.38. The molecule has 1 amide bonds. The van der Waals surface area contributed by atoms with Crippen LogP contribution in [0.3, 0.4) is 0 Å². The Hall–Kier alpha value is -1.41. The average molecular weight is 389 g/mol. The van der Waals surface area contributed by atoms with E-state index in [1.165, 1.54) is 11.0 Å². The summed E-state index contributed by atoms with van der Waals surface area (Å²) in [6, 6.07) is 3.21. The van der Waals surface area contributed by atoms with Gasteiger partial charge in [0.25, 0.3) is 0 Å². The van der Waals surface area contributed by atoms with Crippen LogP contribution >= 0.6 is 15.9 Å². The third-order valence-electron chi connectivity index (χ3n) is 3.51. The maximum atomic E-state index is 12.5. The minimum atomic E-state index is -3.82. The second-order valence-corrected chi connectivity index (χ2v) is 7.99. The number of benzene rings is 1. The first-order chi connectivity index (χ1) is 10.3. The van der Waals surface area contributed by atoms with Crippen molar-refractivity contribution in [3.05, 3.63) is 22.2 Å². The Labute approximate surface area is 137 Å². The molecule has 0 saturated carbocycles. The van der Waals surface area contributed by atoms with Crippen molar-refractivity contribution in [2.24, 2.45) is 0 Å². The predicted octanol–water partition coefficient (Wildman–Crippen LogP) is 0.662. The first-order valence-corrected chi connectivity index (χ1v) is 9.26. The zero-order valence-electron chi connectivity index (χ0n) is 12.0. The first kappa shape index (κ1) is 17.0. The van der Waals surface area contributed by atoms with Gasteiger partial charge in [-0.3, -0.25) is 4.79 Å². The third kappa shape index (κ3) is 3.33. The van der Waals surface area contributed by atoms with E-state index in [0.29, 0.717) is 23.1 Å². The van der Waals surface area contributed by atoms with E-state index in [0.717, 1.165) is 5.56 Å². The zero-order chi connectivity index (χ0) is 16.5. The van der Waals surface area contributed by atoms with E-state index in [1.807, 2.05) is 0 Å². The molecule has 1 aliphatic rings. The largest absolute Gasteiger partial charge is 0.550 e. The number of amides is 1. The molecule has 1 aromatic carbocycles. The van der Waals surface area contributed by atoms with Crippen molar-refractivity contribution < 1.29 is 23.1 Å². The number of nitrogens with zero attached hydrogens (tertiary/aromatic N) is 1. The van der Waals surface area contributed by atoms with Crippen LogP contribution in [0.5, 0.6) is 0 Å². The molecule has 1 aliphatic heterocycles. The molecule has 1 heterocycles. The Morgan fingerprint density at radius 1 is 1.36 bits per heavy atom. The van der Waals surface area contributed by atoms with Gasteiger partial charge in [-0.05, 0) is 24.1 Å². The number of halogens is 1. The number of fused-ring (bicyclic) bond motifs is 1. The molecule has 0 aromatic heterocycles. The molecule has 0 atom stereocenters. The van der Waals surface area contributed by atoms with E-state index in [1.54, 1.807) is 13.0 Å². The lowest BCUT2D eigenvalue weighted by Crippen LogP contribution is -2.30. The summed E-state index contributed by atoms with van der Waals surface area (Å²) in [5, 5.41) is 10.5. The van der Waals surface area contributed by atoms with E-state index in [4.69, 9.17) is 0 Å². The summed E-state index contributed by atoms with van der Waals surface area (Å²) < 4.78 is 25.5. The molecule has 8 heteroatoms. The van der Waals surface area contributed by atoms with E-state index >= 15 is 0 Å². The molecule has 0 N–H and O–H groups in total. The lowest BCUT2D eigenvalue weighted by atomic mass is 10.2. The highest BCUT2D eigenvalue weighted by molar-refractivity contribution is 9.10. The third-order valence-corrected chi connectivity index (χ3v) is 5.69. The Kier molecular flexibility index (Phi) is 4.91. The van der Waals surface area contributed by atoms with E-state index in [-0.39, 0.29) is 17.2 Å². The van der Waals surface area contributed by atoms with Crippen molar-refractivity contribution in [2.45, 2.75) is 31.1 Å². The van der Waals surface area contributed by atoms with Gasteiger partial charge >= 0.3 is 0 Å². The Bertz CT molecular complexity index is 729. The van der Waals surface area contributed by atoms with Gasteiger partial charge in [0.2, 0.25) is 5.91 Å². The van der Waals surface area contributed by atoms with Crippen LogP contribution in [0.2, 0.25) is 0 Å². The Morgan fingerprint density at radius 3 is 2.64 bits per heavy atom. The summed E-state index contributed by atoms with van der Waals surface area (Å²) in [5.74, 6) is -2.12. The number of carboxylic acid groups (broad SMARTS) is 1. The fourth-order valence-electron chi connectivity index (χ4n) is 2.47. The maximum absolute atomic E-state index is 12.5. The Morgan fingerprint density at radius 2 is 2.05 bits per heavy atom. The minimum absolute atomic E-state index is 0.00238. The van der Waals surface area contributed by atoms with Crippen molar-refractivity contribution >= 4 is 43.3 Å². The number of carbonyl (C=O) groups excluding carboxylic acids is 2. The summed E-state index contributed by atoms with van der Waals surface area (Å²) in [6.07, 6.45) is 0.267. The number of carbonyl (C=O) groups is 2. The van der Waals surface area contributed by atoms with Crippen LogP contribution < -0.4 is 10.0 Å². The SMILES string of the molecule is CCC(=O)N1CCc2cc(Br)cc(S(=O)(=O)CCC(=O)[O-])c21. The van der Waals surface area contributed by atoms with Crippen LogP contribution in [0.15, 0.2) is 21.5 Å². The van der Waals surface area contributed by atoms with Gasteiger partial charge < -0.3 is 14.8 Å². The second kappa shape index (κ2) is 6.37. The minimum Gasteiger partial charge on any atom is -0.550 e. The first-order valence-electron chi connectivity index (χ1n) is 6.81. The molecular formula is C14H15BrNO5S-. The maximum Gasteiger partial charge on any atom is 0.226 e. The lowest BCUT2D eigenvalue weighted by molar-refractivity contribution is -0.305. The van der Waals surface area contributed by atoms with Crippen LogP contribution in [-0.4, -0.2) is 32.6 Å². The van der Waals surface area contributed by atoms with Crippen molar-refractivity contribution in [1.82, 2.24) is 0 Å². The lowest BCUT2D eigenvalue weighted by Gasteiger charge is -2.20. The van der Waals surface area contributed by atoms with Gasteiger partial charge in [-0.25, -0.2) is 8.42 Å². The molecule has 120 valence electrons. The van der Waals surface area contributed by atoms with Crippen molar-refractivity contribution in [1.29, 1.82) is 0 Å². The van der Waals surface area contributed by atoms with Crippen molar-refractivity contribution in [3.63, 3.8) is 0 Å². The molecule has 6 nitrogen and oxygen atoms in total. The van der Waals surface area contributed by atoms with Gasteiger partial charge in [0, 0.05) is 29.8 Å². The average Bonchev–Trinajstić information content (AvgIpc) is 2.87. The van der Waals surface area contributed by atoms with Crippen LogP contribution in [-0.2, 0) is 25.8 Å². The van der Waals surface area contributed by atoms with Gasteiger partial charge in [0.1, 0.15) is 0 Å². The normalized spacial score (nSPS) is 14.0. The molecule has 0 bridgehead atoms. The van der Waals surface area contributed by atoms with Gasteiger partial charge in [0.15, 0.2) is 9.84 Å². The van der Waals surface area contributed by atoms with E-state index < -0.39 is 28.0 Å². The van der Waals surface area contributed by atoms with E-state index in [9.17, 15) is 23.1 Å². The molecule has 0 saturated heterocycles. The van der Waals surface area contributed by atoms with E-state index in [2.05, 4.69) is 15.9 Å². The smallest absolute Gasteiger partial charge is 0.226 e. The van der Waals surface area contributed by atoms with Crippen molar-refractivity contribution in [2.75, 3.05) is 17.2 Å². The van der Waals surface area contributed by atoms with Gasteiger partial charge in [-0.2, -0.15) is 0 Å². The standard InChI is InChI=1S/C14H16BrNO5S/c1-2-12(17)16-5-3-9-7-10(15)8-11(14(9)16)22(20,21)6-4-13(18)19/h7-8H,2-6H2,1H3,(H,18,19)/p-1. The van der Waals surface area contributed by atoms with Crippen LogP contribution in [0.1, 0.15) is 25.3 Å². The molecule has 0 aliphatic carbocycles. The number of hydrogen-bond donors (Lipinski definition) is 0. The summed E-state index contributed by atoms with van der Waals surface area (Å²) >= 11 is 3.27. The quantitative estimate of drug-likeness (QED) is 0.738. The van der Waals surface area contributed by atoms with Crippen LogP contribution in [0.25, 0.3) is 0 Å². The second-order valence-electron chi connectivity index (χ2n) is 5.00. The summed E-state index contributed by atoms with van der Waals surface area (Å²) in [6.45, 7) is 2.14. The molecule has 22 heavy (non-hydrogen) atoms. The Balaban J connectivity index is 2.53. The highest BCUT2D eigenvalue weighted by atomic mass is 79.9. The molecule has 0 spiro atoms. The molecule has 0 unspecified atom stereocenters. The molecule has 1 aromatic rings. The van der Waals surface area contributed by atoms with Crippen molar-refractivity contribution in [3.8, 4) is 0 Å². The summed E-state index contributed by atoms with van der Waals surface area (Å²) in [4.78, 5) is 24.0. The molecule has 0 radical (unpaired) electrons. The fourth-order valence-corrected chi connectivity index (χ4v) is 4.63. The van der Waals surface area contributed by atoms with Crippen LogP contribution in [0.4, 0.5) is 5.69 Å². The van der Waals surface area contributed by atoms with Gasteiger partial charge in [0.05, 0.1) is 16.3 Å². The molecule has 2 rings (SSSR count). The van der Waals surface area contributed by atoms with Gasteiger partial charge in [-0.15, -0.1) is 0 Å². The van der Waals surface area contributed by atoms with Crippen LogP contribution in [0, 0.1) is 0 Å². The van der Waals surface area contributed by atoms with Gasteiger partial charge in [-0.1, -0.05) is 22.9 Å². The number of hydrogen-bond acceptors (Lipinski definition) is 5. The molecule has 0 fully saturated rings. The predicted molar refractivity (Wildman–Crippen MR) is 82.2 cm³/mol. The number of rotatable bonds is 5. The number of carboxylic acids is 1. The fraction of sp³-hybridized carbons (Fsp3) is 0.429.